The van der Waals surface area contributed by atoms with Crippen molar-refractivity contribution < 1.29 is 4.74 Å². The summed E-state index contributed by atoms with van der Waals surface area (Å²) in [6, 6.07) is 22.8. The first kappa shape index (κ1) is 21.6. The van der Waals surface area contributed by atoms with Crippen molar-refractivity contribution in [1.29, 1.82) is 0 Å². The van der Waals surface area contributed by atoms with Crippen LogP contribution in [-0.4, -0.2) is 48.2 Å². The molecule has 2 aromatic heterocycles. The minimum Gasteiger partial charge on any atom is -0.495 e. The maximum Gasteiger partial charge on any atom is 0.142 e. The van der Waals surface area contributed by atoms with Crippen LogP contribution in [0.25, 0.3) is 21.8 Å². The molecule has 1 fully saturated rings. The fourth-order valence-corrected chi connectivity index (χ4v) is 5.14. The van der Waals surface area contributed by atoms with Gasteiger partial charge in [-0.25, -0.2) is 4.98 Å². The lowest BCUT2D eigenvalue weighted by molar-refractivity contribution is 0.282. The van der Waals surface area contributed by atoms with Crippen molar-refractivity contribution in [2.24, 2.45) is 0 Å². The Morgan fingerprint density at radius 2 is 1.79 bits per heavy atom. The molecule has 0 saturated carbocycles. The van der Waals surface area contributed by atoms with Crippen molar-refractivity contribution >= 4 is 17.0 Å². The molecule has 0 N–H and O–H groups in total. The maximum absolute atomic E-state index is 5.71. The quantitative estimate of drug-likeness (QED) is 0.378. The van der Waals surface area contributed by atoms with Gasteiger partial charge in [-0.05, 0) is 36.8 Å². The van der Waals surface area contributed by atoms with Crippen molar-refractivity contribution in [2.75, 3.05) is 38.2 Å². The predicted molar refractivity (Wildman–Crippen MR) is 136 cm³/mol. The Balaban J connectivity index is 1.28. The number of nitrogens with zero attached hydrogens (tertiary/aromatic N) is 4. The largest absolute Gasteiger partial charge is 0.495 e. The van der Waals surface area contributed by atoms with Gasteiger partial charge in [-0.2, -0.15) is 0 Å². The Labute approximate surface area is 199 Å². The van der Waals surface area contributed by atoms with Crippen LogP contribution in [0.15, 0.2) is 78.3 Å². The fraction of sp³-hybridized carbons (Fsp3) is 0.259. The zero-order valence-electron chi connectivity index (χ0n) is 18.9. The van der Waals surface area contributed by atoms with Gasteiger partial charge >= 0.3 is 0 Å². The van der Waals surface area contributed by atoms with E-state index in [0.29, 0.717) is 0 Å². The highest BCUT2D eigenvalue weighted by atomic mass is 32.1. The Bertz CT molecular complexity index is 1180. The summed E-state index contributed by atoms with van der Waals surface area (Å²) in [5.74, 6) is 0.912. The summed E-state index contributed by atoms with van der Waals surface area (Å²) in [5.41, 5.74) is 5.58. The number of methoxy groups -OCH3 is 1. The summed E-state index contributed by atoms with van der Waals surface area (Å²) in [6.45, 7) is 4.91. The minimum absolute atomic E-state index is 0.891. The van der Waals surface area contributed by atoms with Crippen LogP contribution in [0.3, 0.4) is 0 Å². The molecule has 0 bridgehead atoms. The number of rotatable bonds is 6. The van der Waals surface area contributed by atoms with Crippen molar-refractivity contribution in [1.82, 2.24) is 14.9 Å². The maximum atomic E-state index is 5.71. The molecule has 3 heterocycles. The molecule has 5 rings (SSSR count). The molecular weight excluding hydrogens is 428 g/mol. The second-order valence-electron chi connectivity index (χ2n) is 8.23. The van der Waals surface area contributed by atoms with E-state index < -0.39 is 0 Å². The average molecular weight is 457 g/mol. The van der Waals surface area contributed by atoms with E-state index in [1.54, 1.807) is 18.4 Å². The van der Waals surface area contributed by atoms with E-state index >= 15 is 0 Å². The highest BCUT2D eigenvalue weighted by Crippen LogP contribution is 2.33. The molecule has 0 amide bonds. The minimum atomic E-state index is 0.891. The van der Waals surface area contributed by atoms with Crippen LogP contribution in [-0.2, 0) is 6.54 Å². The molecule has 6 heteroatoms. The number of thiazole rings is 1. The normalized spacial score (nSPS) is 14.8. The topological polar surface area (TPSA) is 41.5 Å². The van der Waals surface area contributed by atoms with Gasteiger partial charge in [-0.1, -0.05) is 36.4 Å². The van der Waals surface area contributed by atoms with Gasteiger partial charge < -0.3 is 9.64 Å². The number of ether oxygens (including phenoxy) is 1. The van der Waals surface area contributed by atoms with Crippen LogP contribution in [0.5, 0.6) is 5.75 Å². The molecule has 0 spiro atoms. The molecule has 33 heavy (non-hydrogen) atoms. The molecular formula is C27H28N4OS. The Hall–Kier alpha value is -3.22. The number of benzene rings is 2. The van der Waals surface area contributed by atoms with Gasteiger partial charge in [0.05, 0.1) is 24.2 Å². The summed E-state index contributed by atoms with van der Waals surface area (Å²) in [4.78, 5) is 14.4. The molecule has 0 unspecified atom stereocenters. The highest BCUT2D eigenvalue weighted by molar-refractivity contribution is 7.13. The van der Waals surface area contributed by atoms with Crippen LogP contribution in [0.4, 0.5) is 5.69 Å². The Morgan fingerprint density at radius 3 is 2.61 bits per heavy atom. The lowest BCUT2D eigenvalue weighted by Gasteiger charge is -2.26. The van der Waals surface area contributed by atoms with Crippen molar-refractivity contribution in [3.63, 3.8) is 0 Å². The lowest BCUT2D eigenvalue weighted by Crippen LogP contribution is -2.30. The summed E-state index contributed by atoms with van der Waals surface area (Å²) >= 11 is 1.73. The summed E-state index contributed by atoms with van der Waals surface area (Å²) in [7, 11) is 1.75. The van der Waals surface area contributed by atoms with Crippen molar-refractivity contribution in [2.45, 2.75) is 13.0 Å². The monoisotopic (exact) mass is 456 g/mol. The third-order valence-corrected chi connectivity index (χ3v) is 6.97. The van der Waals surface area contributed by atoms with Crippen LogP contribution >= 0.6 is 11.3 Å². The number of hydrogen-bond donors (Lipinski definition) is 0. The first-order valence-electron chi connectivity index (χ1n) is 11.4. The van der Waals surface area contributed by atoms with Crippen LogP contribution in [0.2, 0.25) is 0 Å². The zero-order valence-corrected chi connectivity index (χ0v) is 19.7. The second-order valence-corrected chi connectivity index (χ2v) is 9.09. The van der Waals surface area contributed by atoms with E-state index in [2.05, 4.69) is 62.6 Å². The molecule has 4 aromatic rings. The van der Waals surface area contributed by atoms with Gasteiger partial charge in [0.2, 0.25) is 0 Å². The lowest BCUT2D eigenvalue weighted by atomic mass is 10.1. The molecule has 168 valence electrons. The van der Waals surface area contributed by atoms with Gasteiger partial charge in [-0.3, -0.25) is 9.88 Å². The number of pyridine rings is 1. The van der Waals surface area contributed by atoms with Crippen LogP contribution < -0.4 is 9.64 Å². The molecule has 1 aliphatic heterocycles. The highest BCUT2D eigenvalue weighted by Gasteiger charge is 2.20. The predicted octanol–water partition coefficient (Wildman–Crippen LogP) is 5.59. The molecule has 1 aliphatic rings. The number of aromatic nitrogens is 2. The van der Waals surface area contributed by atoms with Gasteiger partial charge in [0.25, 0.3) is 0 Å². The molecule has 0 radical (unpaired) electrons. The number of anilines is 1. The van der Waals surface area contributed by atoms with Crippen LogP contribution in [0, 0.1) is 0 Å². The van der Waals surface area contributed by atoms with Gasteiger partial charge in [-0.15, -0.1) is 11.3 Å². The van der Waals surface area contributed by atoms with Crippen molar-refractivity contribution in [3.05, 3.63) is 84.0 Å². The standard InChI is InChI=1S/C27H28N4OS/c1-32-26-12-11-22(24-10-5-6-13-28-24)18-25(26)31-15-7-14-30(16-17-31)19-23-20-33-27(29-23)21-8-3-2-4-9-21/h2-6,8-13,18,20H,7,14-17,19H2,1H3. The summed E-state index contributed by atoms with van der Waals surface area (Å²) in [5, 5.41) is 3.29. The summed E-state index contributed by atoms with van der Waals surface area (Å²) in [6.07, 6.45) is 2.94. The zero-order chi connectivity index (χ0) is 22.5. The van der Waals surface area contributed by atoms with Gasteiger partial charge in [0.15, 0.2) is 0 Å². The van der Waals surface area contributed by atoms with Gasteiger partial charge in [0.1, 0.15) is 10.8 Å². The Morgan fingerprint density at radius 1 is 0.909 bits per heavy atom. The molecule has 5 nitrogen and oxygen atoms in total. The van der Waals surface area contributed by atoms with E-state index in [1.807, 2.05) is 30.5 Å². The molecule has 2 aromatic carbocycles. The average Bonchev–Trinajstić information content (AvgIpc) is 3.22. The molecule has 0 atom stereocenters. The Kier molecular flexibility index (Phi) is 6.65. The first-order valence-corrected chi connectivity index (χ1v) is 12.2. The fourth-order valence-electron chi connectivity index (χ4n) is 4.32. The SMILES string of the molecule is COc1ccc(-c2ccccn2)cc1N1CCCN(Cc2csc(-c3ccccc3)n2)CC1. The molecule has 1 saturated heterocycles. The third kappa shape index (κ3) is 5.07. The smallest absolute Gasteiger partial charge is 0.142 e. The van der Waals surface area contributed by atoms with E-state index in [-0.39, 0.29) is 0 Å². The van der Waals surface area contributed by atoms with E-state index in [9.17, 15) is 0 Å². The van der Waals surface area contributed by atoms with E-state index in [1.165, 1.54) is 5.56 Å². The van der Waals surface area contributed by atoms with Crippen LogP contribution in [0.1, 0.15) is 12.1 Å². The third-order valence-electron chi connectivity index (χ3n) is 6.03. The van der Waals surface area contributed by atoms with E-state index in [4.69, 9.17) is 9.72 Å². The van der Waals surface area contributed by atoms with Gasteiger partial charge in [0, 0.05) is 55.4 Å². The second kappa shape index (κ2) is 10.1. The first-order chi connectivity index (χ1) is 16.3. The number of hydrogen-bond acceptors (Lipinski definition) is 6. The molecule has 0 aliphatic carbocycles. The van der Waals surface area contributed by atoms with E-state index in [0.717, 1.165) is 72.5 Å². The summed E-state index contributed by atoms with van der Waals surface area (Å²) < 4.78 is 5.71. The van der Waals surface area contributed by atoms with Crippen molar-refractivity contribution in [3.8, 4) is 27.6 Å².